The summed E-state index contributed by atoms with van der Waals surface area (Å²) in [5.41, 5.74) is 0. The molecule has 7 nitrogen and oxygen atoms in total. The van der Waals surface area contributed by atoms with Crippen molar-refractivity contribution in [1.29, 1.82) is 0 Å². The average molecular weight is 297 g/mol. The predicted octanol–water partition coefficient (Wildman–Crippen LogP) is 0.457. The fourth-order valence-corrected chi connectivity index (χ4v) is 2.98. The first-order chi connectivity index (χ1) is 9.97. The molecule has 2 rings (SSSR count). The number of piperazine rings is 1. The predicted molar refractivity (Wildman–Crippen MR) is 75.8 cm³/mol. The second-order valence-corrected chi connectivity index (χ2v) is 5.81. The van der Waals surface area contributed by atoms with Gasteiger partial charge in [-0.15, -0.1) is 0 Å². The van der Waals surface area contributed by atoms with Gasteiger partial charge in [0, 0.05) is 52.6 Å². The molecular weight excluding hydrogens is 274 g/mol. The van der Waals surface area contributed by atoms with E-state index >= 15 is 0 Å². The van der Waals surface area contributed by atoms with Crippen LogP contribution < -0.4 is 0 Å². The topological polar surface area (TPSA) is 81.2 Å². The summed E-state index contributed by atoms with van der Waals surface area (Å²) in [6.07, 6.45) is 1.69. The maximum atomic E-state index is 12.4. The number of hydrogen-bond acceptors (Lipinski definition) is 3. The lowest BCUT2D eigenvalue weighted by molar-refractivity contribution is -0.137. The Hall–Kier alpha value is -1.79. The first-order valence-electron chi connectivity index (χ1n) is 7.48. The molecule has 3 amide bonds. The molecule has 7 heteroatoms. The Morgan fingerprint density at radius 1 is 1.00 bits per heavy atom. The molecule has 21 heavy (non-hydrogen) atoms. The third-order valence-corrected chi connectivity index (χ3v) is 4.32. The molecule has 0 saturated carbocycles. The number of nitrogens with zero attached hydrogens (tertiary/aromatic N) is 3. The highest BCUT2D eigenvalue weighted by molar-refractivity contribution is 5.76. The van der Waals surface area contributed by atoms with Crippen molar-refractivity contribution in [2.24, 2.45) is 5.92 Å². The van der Waals surface area contributed by atoms with Gasteiger partial charge in [0.05, 0.1) is 0 Å². The van der Waals surface area contributed by atoms with Crippen LogP contribution >= 0.6 is 0 Å². The second kappa shape index (κ2) is 6.78. The van der Waals surface area contributed by atoms with E-state index in [1.807, 2.05) is 4.90 Å². The Balaban J connectivity index is 1.77. The minimum absolute atomic E-state index is 0.0241. The van der Waals surface area contributed by atoms with Gasteiger partial charge in [-0.25, -0.2) is 4.79 Å². The monoisotopic (exact) mass is 297 g/mol. The summed E-state index contributed by atoms with van der Waals surface area (Å²) < 4.78 is 0. The maximum absolute atomic E-state index is 12.4. The van der Waals surface area contributed by atoms with Gasteiger partial charge in [-0.3, -0.25) is 9.59 Å². The van der Waals surface area contributed by atoms with Crippen molar-refractivity contribution < 1.29 is 19.5 Å². The van der Waals surface area contributed by atoms with Crippen LogP contribution in [0.25, 0.3) is 0 Å². The van der Waals surface area contributed by atoms with E-state index < -0.39 is 5.97 Å². The van der Waals surface area contributed by atoms with Crippen LogP contribution in [0, 0.1) is 5.92 Å². The van der Waals surface area contributed by atoms with E-state index in [4.69, 9.17) is 5.11 Å². The third-order valence-electron chi connectivity index (χ3n) is 4.32. The standard InChI is InChI=1S/C14H23N3O4/c1-11(18)15-6-8-16(9-7-15)14(21)17-5-4-12(10-17)2-3-13(19)20/h12H,2-10H2,1H3,(H,19,20). The van der Waals surface area contributed by atoms with Crippen LogP contribution in [0.5, 0.6) is 0 Å². The molecule has 2 saturated heterocycles. The number of likely N-dealkylation sites (tertiary alicyclic amines) is 1. The summed E-state index contributed by atoms with van der Waals surface area (Å²) in [5, 5.41) is 8.70. The number of aliphatic carboxylic acids is 1. The van der Waals surface area contributed by atoms with Crippen LogP contribution in [0.4, 0.5) is 4.79 Å². The number of urea groups is 1. The number of rotatable bonds is 3. The van der Waals surface area contributed by atoms with E-state index in [0.29, 0.717) is 51.6 Å². The third kappa shape index (κ3) is 4.09. The Kier molecular flexibility index (Phi) is 5.03. The number of carbonyl (C=O) groups excluding carboxylic acids is 2. The fraction of sp³-hybridized carbons (Fsp3) is 0.786. The molecule has 0 spiro atoms. The Morgan fingerprint density at radius 2 is 1.62 bits per heavy atom. The van der Waals surface area contributed by atoms with Crippen molar-refractivity contribution in [1.82, 2.24) is 14.7 Å². The first kappa shape index (κ1) is 15.6. The average Bonchev–Trinajstić information content (AvgIpc) is 2.93. The summed E-state index contributed by atoms with van der Waals surface area (Å²) in [6, 6.07) is 0.0241. The number of amides is 3. The summed E-state index contributed by atoms with van der Waals surface area (Å²) in [6.45, 7) is 5.25. The van der Waals surface area contributed by atoms with E-state index in [0.717, 1.165) is 6.42 Å². The summed E-state index contributed by atoms with van der Waals surface area (Å²) in [7, 11) is 0. The molecule has 0 aromatic carbocycles. The van der Waals surface area contributed by atoms with Gasteiger partial charge in [-0.1, -0.05) is 0 Å². The van der Waals surface area contributed by atoms with Crippen LogP contribution in [-0.4, -0.2) is 77.0 Å². The molecule has 0 bridgehead atoms. The summed E-state index contributed by atoms with van der Waals surface area (Å²) in [4.78, 5) is 39.6. The largest absolute Gasteiger partial charge is 0.481 e. The zero-order valence-corrected chi connectivity index (χ0v) is 12.5. The minimum Gasteiger partial charge on any atom is -0.481 e. The van der Waals surface area contributed by atoms with Crippen LogP contribution in [0.15, 0.2) is 0 Å². The molecule has 2 fully saturated rings. The van der Waals surface area contributed by atoms with Crippen LogP contribution in [-0.2, 0) is 9.59 Å². The Labute approximate surface area is 124 Å². The highest BCUT2D eigenvalue weighted by Gasteiger charge is 2.31. The SMILES string of the molecule is CC(=O)N1CCN(C(=O)N2CCC(CCC(=O)O)C2)CC1. The molecule has 1 unspecified atom stereocenters. The van der Waals surface area contributed by atoms with Crippen LogP contribution in [0.1, 0.15) is 26.2 Å². The second-order valence-electron chi connectivity index (χ2n) is 5.81. The minimum atomic E-state index is -0.778. The molecule has 0 radical (unpaired) electrons. The van der Waals surface area contributed by atoms with Crippen molar-refractivity contribution in [3.05, 3.63) is 0 Å². The molecule has 0 aromatic rings. The van der Waals surface area contributed by atoms with Gasteiger partial charge < -0.3 is 19.8 Å². The van der Waals surface area contributed by atoms with E-state index in [9.17, 15) is 14.4 Å². The van der Waals surface area contributed by atoms with Gasteiger partial charge in [-0.05, 0) is 18.8 Å². The summed E-state index contributed by atoms with van der Waals surface area (Å²) >= 11 is 0. The quantitative estimate of drug-likeness (QED) is 0.820. The first-order valence-corrected chi connectivity index (χ1v) is 7.48. The Bertz CT molecular complexity index is 418. The van der Waals surface area contributed by atoms with E-state index in [1.54, 1.807) is 16.7 Å². The number of carbonyl (C=O) groups is 3. The van der Waals surface area contributed by atoms with Crippen LogP contribution in [0.2, 0.25) is 0 Å². The summed E-state index contributed by atoms with van der Waals surface area (Å²) in [5.74, 6) is -0.430. The zero-order valence-electron chi connectivity index (χ0n) is 12.5. The smallest absolute Gasteiger partial charge is 0.320 e. The Morgan fingerprint density at radius 3 is 2.19 bits per heavy atom. The van der Waals surface area contributed by atoms with Crippen molar-refractivity contribution >= 4 is 17.9 Å². The highest BCUT2D eigenvalue weighted by atomic mass is 16.4. The van der Waals surface area contributed by atoms with Crippen molar-refractivity contribution in [2.45, 2.75) is 26.2 Å². The molecule has 2 aliphatic rings. The highest BCUT2D eigenvalue weighted by Crippen LogP contribution is 2.22. The lowest BCUT2D eigenvalue weighted by Crippen LogP contribution is -2.53. The number of carboxylic acids is 1. The lowest BCUT2D eigenvalue weighted by Gasteiger charge is -2.36. The normalized spacial score (nSPS) is 22.5. The lowest BCUT2D eigenvalue weighted by atomic mass is 10.0. The number of carboxylic acid groups (broad SMARTS) is 1. The molecule has 2 heterocycles. The van der Waals surface area contributed by atoms with Gasteiger partial charge >= 0.3 is 12.0 Å². The van der Waals surface area contributed by atoms with Crippen LogP contribution in [0.3, 0.4) is 0 Å². The molecule has 0 aromatic heterocycles. The number of hydrogen-bond donors (Lipinski definition) is 1. The van der Waals surface area contributed by atoms with Crippen molar-refractivity contribution in [2.75, 3.05) is 39.3 Å². The van der Waals surface area contributed by atoms with Gasteiger partial charge in [0.2, 0.25) is 5.91 Å². The van der Waals surface area contributed by atoms with Gasteiger partial charge in [0.15, 0.2) is 0 Å². The molecule has 118 valence electrons. The molecular formula is C14H23N3O4. The van der Waals surface area contributed by atoms with Gasteiger partial charge in [0.1, 0.15) is 0 Å². The molecule has 2 aliphatic heterocycles. The molecule has 0 aliphatic carbocycles. The molecule has 1 atom stereocenters. The van der Waals surface area contributed by atoms with E-state index in [2.05, 4.69) is 0 Å². The maximum Gasteiger partial charge on any atom is 0.320 e. The van der Waals surface area contributed by atoms with Gasteiger partial charge in [0.25, 0.3) is 0 Å². The fourth-order valence-electron chi connectivity index (χ4n) is 2.98. The van der Waals surface area contributed by atoms with E-state index in [-0.39, 0.29) is 18.4 Å². The van der Waals surface area contributed by atoms with E-state index in [1.165, 1.54) is 0 Å². The zero-order chi connectivity index (χ0) is 15.4. The van der Waals surface area contributed by atoms with Crippen molar-refractivity contribution in [3.63, 3.8) is 0 Å². The van der Waals surface area contributed by atoms with Gasteiger partial charge in [-0.2, -0.15) is 0 Å². The van der Waals surface area contributed by atoms with Crippen molar-refractivity contribution in [3.8, 4) is 0 Å². The molecule has 1 N–H and O–H groups in total.